The first-order chi connectivity index (χ1) is 7.27. The fourth-order valence-corrected chi connectivity index (χ4v) is 1.30. The van der Waals surface area contributed by atoms with Gasteiger partial charge >= 0.3 is 0 Å². The summed E-state index contributed by atoms with van der Waals surface area (Å²) < 4.78 is 13.3. The van der Waals surface area contributed by atoms with E-state index in [9.17, 15) is 4.39 Å². The topological polar surface area (TPSA) is 35.8 Å². The van der Waals surface area contributed by atoms with Gasteiger partial charge in [-0.3, -0.25) is 0 Å². The quantitative estimate of drug-likeness (QED) is 0.751. The molecule has 0 saturated heterocycles. The predicted molar refractivity (Wildman–Crippen MR) is 57.7 cm³/mol. The second-order valence-electron chi connectivity index (χ2n) is 3.45. The molecule has 0 unspecified atom stereocenters. The summed E-state index contributed by atoms with van der Waals surface area (Å²) in [6.07, 6.45) is 2.20. The molecular formula is C12H15FN2. The van der Waals surface area contributed by atoms with Crippen LogP contribution in [0.25, 0.3) is 0 Å². The molecule has 0 aliphatic carbocycles. The van der Waals surface area contributed by atoms with Crippen molar-refractivity contribution in [2.45, 2.75) is 26.3 Å². The molecule has 0 amide bonds. The van der Waals surface area contributed by atoms with Crippen LogP contribution in [0.2, 0.25) is 0 Å². The minimum atomic E-state index is -0.252. The summed E-state index contributed by atoms with van der Waals surface area (Å²) >= 11 is 0. The number of hydrogen-bond donors (Lipinski definition) is 1. The van der Waals surface area contributed by atoms with Crippen molar-refractivity contribution in [1.29, 1.82) is 5.26 Å². The first-order valence-electron chi connectivity index (χ1n) is 5.17. The Balaban J connectivity index is 2.56. The van der Waals surface area contributed by atoms with Crippen LogP contribution in [0.1, 0.15) is 30.9 Å². The van der Waals surface area contributed by atoms with Gasteiger partial charge in [0.2, 0.25) is 0 Å². The Kier molecular flexibility index (Phi) is 4.79. The third-order valence-electron chi connectivity index (χ3n) is 2.20. The van der Waals surface area contributed by atoms with Crippen LogP contribution in [0.15, 0.2) is 18.2 Å². The summed E-state index contributed by atoms with van der Waals surface area (Å²) in [6, 6.07) is 6.43. The molecule has 1 aromatic carbocycles. The van der Waals surface area contributed by atoms with Gasteiger partial charge in [0.25, 0.3) is 0 Å². The summed E-state index contributed by atoms with van der Waals surface area (Å²) in [6.45, 7) is 3.48. The third-order valence-corrected chi connectivity index (χ3v) is 2.20. The number of hydrogen-bond acceptors (Lipinski definition) is 2. The van der Waals surface area contributed by atoms with Gasteiger partial charge in [-0.1, -0.05) is 13.3 Å². The molecule has 0 atom stereocenters. The summed E-state index contributed by atoms with van der Waals surface area (Å²) in [5.74, 6) is -0.252. The number of halogens is 1. The zero-order valence-electron chi connectivity index (χ0n) is 8.89. The lowest BCUT2D eigenvalue weighted by Gasteiger charge is -2.05. The molecule has 80 valence electrons. The normalized spacial score (nSPS) is 9.93. The number of nitrogens with zero attached hydrogens (tertiary/aromatic N) is 1. The molecule has 1 N–H and O–H groups in total. The van der Waals surface area contributed by atoms with Crippen molar-refractivity contribution in [2.24, 2.45) is 0 Å². The lowest BCUT2D eigenvalue weighted by Crippen LogP contribution is -2.15. The van der Waals surface area contributed by atoms with E-state index >= 15 is 0 Å². The molecule has 0 fully saturated rings. The van der Waals surface area contributed by atoms with Crippen LogP contribution in [0, 0.1) is 17.1 Å². The average molecular weight is 206 g/mol. The van der Waals surface area contributed by atoms with Crippen molar-refractivity contribution < 1.29 is 4.39 Å². The molecule has 1 rings (SSSR count). The highest BCUT2D eigenvalue weighted by atomic mass is 19.1. The Hall–Kier alpha value is -1.40. The molecule has 0 aliphatic rings. The maximum absolute atomic E-state index is 13.3. The number of nitriles is 1. The van der Waals surface area contributed by atoms with Crippen LogP contribution in [0.3, 0.4) is 0 Å². The monoisotopic (exact) mass is 206 g/mol. The molecule has 0 saturated carbocycles. The Morgan fingerprint density at radius 3 is 2.93 bits per heavy atom. The minimum absolute atomic E-state index is 0.252. The van der Waals surface area contributed by atoms with E-state index in [1.807, 2.05) is 6.07 Å². The van der Waals surface area contributed by atoms with Crippen LogP contribution < -0.4 is 5.32 Å². The Morgan fingerprint density at radius 2 is 2.27 bits per heavy atom. The molecule has 15 heavy (non-hydrogen) atoms. The molecule has 1 aromatic rings. The van der Waals surface area contributed by atoms with Gasteiger partial charge in [-0.05, 0) is 31.2 Å². The van der Waals surface area contributed by atoms with E-state index in [4.69, 9.17) is 5.26 Å². The molecular weight excluding hydrogens is 191 g/mol. The van der Waals surface area contributed by atoms with E-state index in [0.717, 1.165) is 19.4 Å². The predicted octanol–water partition coefficient (Wildman–Crippen LogP) is 2.59. The van der Waals surface area contributed by atoms with Crippen molar-refractivity contribution in [3.8, 4) is 6.07 Å². The average Bonchev–Trinajstić information content (AvgIpc) is 2.26. The van der Waals surface area contributed by atoms with E-state index in [-0.39, 0.29) is 5.82 Å². The number of nitrogens with one attached hydrogen (secondary N) is 1. The molecule has 0 radical (unpaired) electrons. The van der Waals surface area contributed by atoms with E-state index < -0.39 is 0 Å². The number of rotatable bonds is 5. The number of benzene rings is 1. The van der Waals surface area contributed by atoms with Gasteiger partial charge in [0.1, 0.15) is 5.82 Å². The highest BCUT2D eigenvalue weighted by Crippen LogP contribution is 2.09. The van der Waals surface area contributed by atoms with Crippen LogP contribution in [-0.2, 0) is 6.54 Å². The van der Waals surface area contributed by atoms with Crippen molar-refractivity contribution in [3.63, 3.8) is 0 Å². The summed E-state index contributed by atoms with van der Waals surface area (Å²) in [5, 5.41) is 11.8. The van der Waals surface area contributed by atoms with Gasteiger partial charge in [0.05, 0.1) is 11.6 Å². The molecule has 0 bridgehead atoms. The largest absolute Gasteiger partial charge is 0.313 e. The minimum Gasteiger partial charge on any atom is -0.313 e. The van der Waals surface area contributed by atoms with Crippen molar-refractivity contribution in [2.75, 3.05) is 6.54 Å². The van der Waals surface area contributed by atoms with Crippen molar-refractivity contribution >= 4 is 0 Å². The Morgan fingerprint density at radius 1 is 1.47 bits per heavy atom. The zero-order chi connectivity index (χ0) is 11.1. The fourth-order valence-electron chi connectivity index (χ4n) is 1.30. The molecule has 2 nitrogen and oxygen atoms in total. The zero-order valence-corrected chi connectivity index (χ0v) is 8.89. The molecule has 3 heteroatoms. The SMILES string of the molecule is CCCCNCc1cc(C#N)ccc1F. The van der Waals surface area contributed by atoms with Gasteiger partial charge in [0.15, 0.2) is 0 Å². The standard InChI is InChI=1S/C12H15FN2/c1-2-3-6-15-9-11-7-10(8-14)4-5-12(11)13/h4-5,7,15H,2-3,6,9H2,1H3. The summed E-state index contributed by atoms with van der Waals surface area (Å²) in [4.78, 5) is 0. The third kappa shape index (κ3) is 3.69. The van der Waals surface area contributed by atoms with Crippen LogP contribution >= 0.6 is 0 Å². The Bertz CT molecular complexity index is 355. The van der Waals surface area contributed by atoms with E-state index in [2.05, 4.69) is 12.2 Å². The van der Waals surface area contributed by atoms with Crippen LogP contribution in [0.5, 0.6) is 0 Å². The molecule has 0 aliphatic heterocycles. The van der Waals surface area contributed by atoms with Crippen molar-refractivity contribution in [3.05, 3.63) is 35.1 Å². The first-order valence-corrected chi connectivity index (χ1v) is 5.17. The highest BCUT2D eigenvalue weighted by molar-refractivity contribution is 5.33. The summed E-state index contributed by atoms with van der Waals surface area (Å²) in [7, 11) is 0. The van der Waals surface area contributed by atoms with Gasteiger partial charge in [-0.2, -0.15) is 5.26 Å². The maximum Gasteiger partial charge on any atom is 0.127 e. The lowest BCUT2D eigenvalue weighted by molar-refractivity contribution is 0.580. The van der Waals surface area contributed by atoms with E-state index in [0.29, 0.717) is 17.7 Å². The lowest BCUT2D eigenvalue weighted by atomic mass is 10.1. The van der Waals surface area contributed by atoms with Crippen LogP contribution in [-0.4, -0.2) is 6.54 Å². The Labute approximate surface area is 89.7 Å². The van der Waals surface area contributed by atoms with Gasteiger partial charge in [-0.25, -0.2) is 4.39 Å². The first kappa shape index (κ1) is 11.7. The maximum atomic E-state index is 13.3. The second-order valence-corrected chi connectivity index (χ2v) is 3.45. The second kappa shape index (κ2) is 6.15. The molecule has 0 spiro atoms. The van der Waals surface area contributed by atoms with Gasteiger partial charge in [-0.15, -0.1) is 0 Å². The van der Waals surface area contributed by atoms with E-state index in [1.165, 1.54) is 12.1 Å². The van der Waals surface area contributed by atoms with Crippen molar-refractivity contribution in [1.82, 2.24) is 5.32 Å². The molecule has 0 heterocycles. The molecule has 0 aromatic heterocycles. The summed E-state index contributed by atoms with van der Waals surface area (Å²) in [5.41, 5.74) is 1.06. The van der Waals surface area contributed by atoms with Crippen LogP contribution in [0.4, 0.5) is 4.39 Å². The number of unbranched alkanes of at least 4 members (excludes halogenated alkanes) is 1. The van der Waals surface area contributed by atoms with Gasteiger partial charge in [0, 0.05) is 12.1 Å². The fraction of sp³-hybridized carbons (Fsp3) is 0.417. The van der Waals surface area contributed by atoms with Gasteiger partial charge < -0.3 is 5.32 Å². The smallest absolute Gasteiger partial charge is 0.127 e. The van der Waals surface area contributed by atoms with E-state index in [1.54, 1.807) is 6.07 Å². The highest BCUT2D eigenvalue weighted by Gasteiger charge is 2.02.